The number of carbonyl (C=O) groups is 1. The van der Waals surface area contributed by atoms with Crippen molar-refractivity contribution in [2.75, 3.05) is 5.32 Å². The number of hydrogen-bond donors (Lipinski definition) is 2. The van der Waals surface area contributed by atoms with Crippen LogP contribution in [0, 0.1) is 5.82 Å². The van der Waals surface area contributed by atoms with E-state index in [0.717, 1.165) is 17.7 Å². The molecule has 0 unspecified atom stereocenters. The van der Waals surface area contributed by atoms with E-state index in [1.165, 1.54) is 23.9 Å². The highest BCUT2D eigenvalue weighted by Gasteiger charge is 2.37. The standard InChI is InChI=1S/C24H20FN3O2S/c25-16-9-4-8-15(12-16)19-20-17(10-5-11-18(20)29)26-22-21(19)23(30)28-24(27-22)31-13-14-6-2-1-3-7-14/h1-4,6-9,12,19H,5,10-11,13H2,(H2,26,27,28,30)/t19-/m0/s1. The number of anilines is 1. The molecule has 0 spiro atoms. The van der Waals surface area contributed by atoms with Gasteiger partial charge in [0.05, 0.1) is 5.56 Å². The van der Waals surface area contributed by atoms with Gasteiger partial charge in [0.2, 0.25) is 0 Å². The van der Waals surface area contributed by atoms with Crippen molar-refractivity contribution in [3.8, 4) is 0 Å². The quantitative estimate of drug-likeness (QED) is 0.458. The molecule has 2 N–H and O–H groups in total. The summed E-state index contributed by atoms with van der Waals surface area (Å²) in [4.78, 5) is 33.5. The van der Waals surface area contributed by atoms with Crippen LogP contribution in [0.3, 0.4) is 0 Å². The number of rotatable bonds is 4. The van der Waals surface area contributed by atoms with E-state index in [1.807, 2.05) is 30.3 Å². The van der Waals surface area contributed by atoms with Gasteiger partial charge in [-0.15, -0.1) is 0 Å². The van der Waals surface area contributed by atoms with Crippen molar-refractivity contribution in [2.45, 2.75) is 36.1 Å². The number of aromatic amines is 1. The first-order valence-corrected chi connectivity index (χ1v) is 11.2. The third kappa shape index (κ3) is 3.81. The summed E-state index contributed by atoms with van der Waals surface area (Å²) in [6.45, 7) is 0. The molecular weight excluding hydrogens is 413 g/mol. The fourth-order valence-corrected chi connectivity index (χ4v) is 5.07. The summed E-state index contributed by atoms with van der Waals surface area (Å²) >= 11 is 1.44. The number of thioether (sulfide) groups is 1. The highest BCUT2D eigenvalue weighted by atomic mass is 32.2. The van der Waals surface area contributed by atoms with E-state index < -0.39 is 11.7 Å². The normalized spacial score (nSPS) is 17.7. The van der Waals surface area contributed by atoms with Gasteiger partial charge in [-0.05, 0) is 36.1 Å². The second-order valence-corrected chi connectivity index (χ2v) is 8.65. The van der Waals surface area contributed by atoms with Crippen molar-refractivity contribution in [2.24, 2.45) is 0 Å². The Balaban J connectivity index is 1.58. The number of carbonyl (C=O) groups excluding carboxylic acids is 1. The van der Waals surface area contributed by atoms with E-state index in [1.54, 1.807) is 12.1 Å². The summed E-state index contributed by atoms with van der Waals surface area (Å²) in [7, 11) is 0. The summed E-state index contributed by atoms with van der Waals surface area (Å²) in [5.41, 5.74) is 3.11. The fraction of sp³-hybridized carbons (Fsp3) is 0.208. The maximum atomic E-state index is 14.0. The van der Waals surface area contributed by atoms with Gasteiger partial charge >= 0.3 is 0 Å². The molecule has 0 saturated heterocycles. The number of nitrogens with one attached hydrogen (secondary N) is 2. The Morgan fingerprint density at radius 3 is 2.71 bits per heavy atom. The molecule has 1 aliphatic heterocycles. The van der Waals surface area contributed by atoms with Crippen LogP contribution in [0.1, 0.15) is 41.9 Å². The number of halogens is 1. The van der Waals surface area contributed by atoms with Crippen molar-refractivity contribution in [1.82, 2.24) is 9.97 Å². The van der Waals surface area contributed by atoms with E-state index in [-0.39, 0.29) is 11.3 Å². The summed E-state index contributed by atoms with van der Waals surface area (Å²) < 4.78 is 14.0. The number of fused-ring (bicyclic) bond motifs is 1. The topological polar surface area (TPSA) is 74.8 Å². The van der Waals surface area contributed by atoms with Crippen LogP contribution in [0.4, 0.5) is 10.2 Å². The largest absolute Gasteiger partial charge is 0.343 e. The number of hydrogen-bond acceptors (Lipinski definition) is 5. The smallest absolute Gasteiger partial charge is 0.257 e. The summed E-state index contributed by atoms with van der Waals surface area (Å²) in [6, 6.07) is 16.0. The molecular formula is C24H20FN3O2S. The van der Waals surface area contributed by atoms with Crippen LogP contribution in [0.5, 0.6) is 0 Å². The molecule has 1 atom stereocenters. The second-order valence-electron chi connectivity index (χ2n) is 7.69. The van der Waals surface area contributed by atoms with Gasteiger partial charge in [-0.2, -0.15) is 0 Å². The maximum Gasteiger partial charge on any atom is 0.257 e. The van der Waals surface area contributed by atoms with Gasteiger partial charge in [0.1, 0.15) is 11.6 Å². The molecule has 5 rings (SSSR count). The Morgan fingerprint density at radius 2 is 1.90 bits per heavy atom. The average molecular weight is 434 g/mol. The van der Waals surface area contributed by atoms with Gasteiger partial charge in [0, 0.05) is 29.4 Å². The Hall–Kier alpha value is -3.19. The molecule has 0 bridgehead atoms. The first-order valence-electron chi connectivity index (χ1n) is 10.2. The minimum absolute atomic E-state index is 0.00408. The predicted octanol–water partition coefficient (Wildman–Crippen LogP) is 4.77. The number of nitrogens with zero attached hydrogens (tertiary/aromatic N) is 1. The number of H-pyrrole nitrogens is 1. The zero-order valence-corrected chi connectivity index (χ0v) is 17.5. The third-order valence-corrected chi connectivity index (χ3v) is 6.58. The van der Waals surface area contributed by atoms with Crippen molar-refractivity contribution < 1.29 is 9.18 Å². The van der Waals surface area contributed by atoms with E-state index in [4.69, 9.17) is 0 Å². The molecule has 2 heterocycles. The van der Waals surface area contributed by atoms with Gasteiger partial charge in [-0.1, -0.05) is 54.2 Å². The monoisotopic (exact) mass is 433 g/mol. The van der Waals surface area contributed by atoms with Crippen molar-refractivity contribution in [3.63, 3.8) is 0 Å². The lowest BCUT2D eigenvalue weighted by Crippen LogP contribution is -2.32. The maximum absolute atomic E-state index is 14.0. The Morgan fingerprint density at radius 1 is 1.06 bits per heavy atom. The van der Waals surface area contributed by atoms with Crippen molar-refractivity contribution in [3.05, 3.63) is 98.7 Å². The van der Waals surface area contributed by atoms with Gasteiger partial charge in [-0.3, -0.25) is 9.59 Å². The van der Waals surface area contributed by atoms with Crippen molar-refractivity contribution in [1.29, 1.82) is 0 Å². The van der Waals surface area contributed by atoms with Gasteiger partial charge in [0.15, 0.2) is 10.9 Å². The molecule has 7 heteroatoms. The minimum Gasteiger partial charge on any atom is -0.343 e. The van der Waals surface area contributed by atoms with E-state index in [2.05, 4.69) is 15.3 Å². The first-order chi connectivity index (χ1) is 15.1. The highest BCUT2D eigenvalue weighted by Crippen LogP contribution is 2.43. The average Bonchev–Trinajstić information content (AvgIpc) is 2.77. The molecule has 0 amide bonds. The minimum atomic E-state index is -0.626. The summed E-state index contributed by atoms with van der Waals surface area (Å²) in [5, 5.41) is 3.75. The molecule has 2 aromatic carbocycles. The number of aromatic nitrogens is 2. The molecule has 1 aliphatic carbocycles. The SMILES string of the molecule is O=C1CCCC2=C1[C@H](c1cccc(F)c1)c1c(nc(SCc3ccccc3)[nH]c1=O)N2. The zero-order chi connectivity index (χ0) is 21.4. The Labute approximate surface area is 182 Å². The summed E-state index contributed by atoms with van der Waals surface area (Å²) in [5.74, 6) is 0.0849. The van der Waals surface area contributed by atoms with Crippen LogP contribution in [-0.2, 0) is 10.5 Å². The molecule has 0 radical (unpaired) electrons. The molecule has 0 fully saturated rings. The van der Waals surface area contributed by atoms with Crippen LogP contribution >= 0.6 is 11.8 Å². The molecule has 0 saturated carbocycles. The van der Waals surface area contributed by atoms with E-state index in [0.29, 0.717) is 46.3 Å². The van der Waals surface area contributed by atoms with Crippen LogP contribution in [-0.4, -0.2) is 15.8 Å². The lowest BCUT2D eigenvalue weighted by atomic mass is 9.76. The van der Waals surface area contributed by atoms with Crippen LogP contribution < -0.4 is 10.9 Å². The number of allylic oxidation sites excluding steroid dienone is 2. The lowest BCUT2D eigenvalue weighted by molar-refractivity contribution is -0.116. The molecule has 2 aliphatic rings. The predicted molar refractivity (Wildman–Crippen MR) is 119 cm³/mol. The fourth-order valence-electron chi connectivity index (χ4n) is 4.25. The molecule has 31 heavy (non-hydrogen) atoms. The Bertz CT molecular complexity index is 1250. The molecule has 5 nitrogen and oxygen atoms in total. The lowest BCUT2D eigenvalue weighted by Gasteiger charge is -2.32. The number of Topliss-reactive ketones (excluding diaryl/α,β-unsaturated/α-hetero) is 1. The van der Waals surface area contributed by atoms with Gasteiger partial charge < -0.3 is 10.3 Å². The highest BCUT2D eigenvalue weighted by molar-refractivity contribution is 7.98. The molecule has 156 valence electrons. The second kappa shape index (κ2) is 8.15. The van der Waals surface area contributed by atoms with E-state index in [9.17, 15) is 14.0 Å². The van der Waals surface area contributed by atoms with Crippen LogP contribution in [0.2, 0.25) is 0 Å². The summed E-state index contributed by atoms with van der Waals surface area (Å²) in [6.07, 6.45) is 1.87. The third-order valence-electron chi connectivity index (χ3n) is 5.64. The Kier molecular flexibility index (Phi) is 5.19. The number of ketones is 1. The van der Waals surface area contributed by atoms with E-state index >= 15 is 0 Å². The van der Waals surface area contributed by atoms with Gasteiger partial charge in [-0.25, -0.2) is 9.37 Å². The zero-order valence-electron chi connectivity index (χ0n) is 16.7. The molecule has 3 aromatic rings. The van der Waals surface area contributed by atoms with Crippen LogP contribution in [0.25, 0.3) is 0 Å². The van der Waals surface area contributed by atoms with Gasteiger partial charge in [0.25, 0.3) is 5.56 Å². The van der Waals surface area contributed by atoms with Crippen LogP contribution in [0.15, 0.2) is 75.8 Å². The number of benzene rings is 2. The van der Waals surface area contributed by atoms with Crippen molar-refractivity contribution >= 4 is 23.4 Å². The molecule has 1 aromatic heterocycles. The first kappa shape index (κ1) is 19.8.